The van der Waals surface area contributed by atoms with Gasteiger partial charge in [0.1, 0.15) is 11.0 Å². The van der Waals surface area contributed by atoms with Gasteiger partial charge in [-0.15, -0.1) is 0 Å². The third-order valence-electron chi connectivity index (χ3n) is 1.03. The molecular weight excluding hydrogens is 136 g/mol. The molecule has 0 radical (unpaired) electrons. The predicted octanol–water partition coefficient (Wildman–Crippen LogP) is 1.75. The van der Waals surface area contributed by atoms with Gasteiger partial charge in [0.15, 0.2) is 0 Å². The van der Waals surface area contributed by atoms with Gasteiger partial charge in [0, 0.05) is 11.8 Å². The van der Waals surface area contributed by atoms with E-state index in [-0.39, 0.29) is 0 Å². The normalized spacial score (nSPS) is 9.67. The molecule has 1 aromatic heterocycles. The van der Waals surface area contributed by atoms with Crippen molar-refractivity contribution in [1.82, 2.24) is 9.97 Å². The summed E-state index contributed by atoms with van der Waals surface area (Å²) in [6.07, 6.45) is 1.71. The van der Waals surface area contributed by atoms with Crippen molar-refractivity contribution < 1.29 is 0 Å². The Hall–Kier alpha value is -0.630. The van der Waals surface area contributed by atoms with Crippen LogP contribution in [-0.4, -0.2) is 9.97 Å². The zero-order chi connectivity index (χ0) is 6.85. The third kappa shape index (κ3) is 1.39. The van der Waals surface area contributed by atoms with Crippen LogP contribution in [0.5, 0.6) is 0 Å². The highest BCUT2D eigenvalue weighted by Crippen LogP contribution is 2.08. The molecule has 0 fully saturated rings. The second-order valence-corrected chi connectivity index (χ2v) is 2.25. The van der Waals surface area contributed by atoms with E-state index in [4.69, 9.17) is 11.6 Å². The summed E-state index contributed by atoms with van der Waals surface area (Å²) in [4.78, 5) is 7.87. The number of hydrogen-bond donors (Lipinski definition) is 0. The van der Waals surface area contributed by atoms with Gasteiger partial charge in [-0.3, -0.25) is 0 Å². The fourth-order valence-electron chi connectivity index (χ4n) is 0.503. The lowest BCUT2D eigenvalue weighted by Crippen LogP contribution is -1.88. The zero-order valence-corrected chi connectivity index (χ0v) is 6.11. The molecule has 0 saturated heterocycles. The molecule has 1 rings (SSSR count). The van der Waals surface area contributed by atoms with E-state index in [0.29, 0.717) is 11.0 Å². The first-order valence-electron chi connectivity index (χ1n) is 2.66. The van der Waals surface area contributed by atoms with E-state index >= 15 is 0 Å². The number of halogens is 1. The van der Waals surface area contributed by atoms with E-state index in [1.54, 1.807) is 6.20 Å². The maximum atomic E-state index is 5.66. The van der Waals surface area contributed by atoms with Crippen molar-refractivity contribution in [2.24, 2.45) is 0 Å². The Kier molecular flexibility index (Phi) is 1.67. The van der Waals surface area contributed by atoms with Crippen molar-refractivity contribution in [3.8, 4) is 0 Å². The number of aromatic nitrogens is 2. The lowest BCUT2D eigenvalue weighted by molar-refractivity contribution is 1.03. The summed E-state index contributed by atoms with van der Waals surface area (Å²) < 4.78 is 0. The Bertz CT molecular complexity index is 222. The number of aryl methyl sites for hydroxylation is 2. The molecular formula is C6H7ClN2. The van der Waals surface area contributed by atoms with E-state index in [2.05, 4.69) is 9.97 Å². The summed E-state index contributed by atoms with van der Waals surface area (Å²) in [7, 11) is 0. The Morgan fingerprint density at radius 2 is 2.11 bits per heavy atom. The lowest BCUT2D eigenvalue weighted by Gasteiger charge is -1.94. The van der Waals surface area contributed by atoms with Gasteiger partial charge in [0.2, 0.25) is 0 Å². The van der Waals surface area contributed by atoms with Crippen molar-refractivity contribution in [2.45, 2.75) is 13.8 Å². The van der Waals surface area contributed by atoms with Crippen LogP contribution in [0.2, 0.25) is 5.15 Å². The van der Waals surface area contributed by atoms with Crippen molar-refractivity contribution in [2.75, 3.05) is 0 Å². The molecule has 0 N–H and O–H groups in total. The summed E-state index contributed by atoms with van der Waals surface area (Å²) in [5, 5.41) is 0.544. The number of rotatable bonds is 0. The zero-order valence-electron chi connectivity index (χ0n) is 5.35. The van der Waals surface area contributed by atoms with E-state index < -0.39 is 0 Å². The minimum Gasteiger partial charge on any atom is -0.241 e. The average Bonchev–Trinajstić information content (AvgIpc) is 1.80. The lowest BCUT2D eigenvalue weighted by atomic mass is 10.4. The van der Waals surface area contributed by atoms with Gasteiger partial charge < -0.3 is 0 Å². The second-order valence-electron chi connectivity index (χ2n) is 1.89. The van der Waals surface area contributed by atoms with Crippen LogP contribution in [0.4, 0.5) is 0 Å². The molecule has 1 aromatic rings. The highest BCUT2D eigenvalue weighted by molar-refractivity contribution is 6.30. The molecule has 0 amide bonds. The predicted molar refractivity (Wildman–Crippen MR) is 36.5 cm³/mol. The highest BCUT2D eigenvalue weighted by Gasteiger charge is 1.94. The molecule has 0 aliphatic heterocycles. The van der Waals surface area contributed by atoms with Crippen molar-refractivity contribution >= 4 is 11.6 Å². The van der Waals surface area contributed by atoms with E-state index in [9.17, 15) is 0 Å². The topological polar surface area (TPSA) is 25.8 Å². The molecule has 2 nitrogen and oxygen atoms in total. The van der Waals surface area contributed by atoms with Gasteiger partial charge >= 0.3 is 0 Å². The monoisotopic (exact) mass is 142 g/mol. The van der Waals surface area contributed by atoms with Crippen LogP contribution < -0.4 is 0 Å². The van der Waals surface area contributed by atoms with Crippen molar-refractivity contribution in [1.29, 1.82) is 0 Å². The molecule has 9 heavy (non-hydrogen) atoms. The Morgan fingerprint density at radius 1 is 1.44 bits per heavy atom. The Balaban J connectivity index is 3.17. The second kappa shape index (κ2) is 2.31. The van der Waals surface area contributed by atoms with Crippen molar-refractivity contribution in [3.63, 3.8) is 0 Å². The molecule has 0 saturated carbocycles. The van der Waals surface area contributed by atoms with Gasteiger partial charge in [0.25, 0.3) is 0 Å². The van der Waals surface area contributed by atoms with Gasteiger partial charge in [-0.1, -0.05) is 11.6 Å². The Labute approximate surface area is 58.9 Å². The first-order valence-corrected chi connectivity index (χ1v) is 3.03. The minimum atomic E-state index is 0.544. The molecule has 0 spiro atoms. The SMILES string of the molecule is Cc1ncc(C)c(Cl)n1. The third-order valence-corrected chi connectivity index (χ3v) is 1.41. The summed E-state index contributed by atoms with van der Waals surface area (Å²) in [6, 6.07) is 0. The summed E-state index contributed by atoms with van der Waals surface area (Å²) in [5.41, 5.74) is 0.919. The molecule has 0 aromatic carbocycles. The molecule has 0 unspecified atom stereocenters. The molecule has 48 valence electrons. The van der Waals surface area contributed by atoms with Crippen LogP contribution in [0, 0.1) is 13.8 Å². The van der Waals surface area contributed by atoms with Gasteiger partial charge in [-0.05, 0) is 13.8 Å². The molecule has 0 bridgehead atoms. The van der Waals surface area contributed by atoms with E-state index in [0.717, 1.165) is 5.56 Å². The van der Waals surface area contributed by atoms with Crippen LogP contribution >= 0.6 is 11.6 Å². The maximum absolute atomic E-state index is 5.66. The number of nitrogens with zero attached hydrogens (tertiary/aromatic N) is 2. The standard InChI is InChI=1S/C6H7ClN2/c1-4-3-8-5(2)9-6(4)7/h3H,1-2H3. The quantitative estimate of drug-likeness (QED) is 0.516. The van der Waals surface area contributed by atoms with Crippen LogP contribution in [0.1, 0.15) is 11.4 Å². The molecule has 0 atom stereocenters. The molecule has 0 aliphatic carbocycles. The summed E-state index contributed by atoms with van der Waals surface area (Å²) >= 11 is 5.66. The first-order chi connectivity index (χ1) is 4.20. The van der Waals surface area contributed by atoms with E-state index in [1.165, 1.54) is 0 Å². The molecule has 0 aliphatic rings. The van der Waals surface area contributed by atoms with Crippen LogP contribution in [0.15, 0.2) is 6.20 Å². The molecule has 1 heterocycles. The largest absolute Gasteiger partial charge is 0.241 e. The fraction of sp³-hybridized carbons (Fsp3) is 0.333. The summed E-state index contributed by atoms with van der Waals surface area (Å²) in [5.74, 6) is 0.714. The highest BCUT2D eigenvalue weighted by atomic mass is 35.5. The fourth-order valence-corrected chi connectivity index (χ4v) is 0.674. The molecule has 3 heteroatoms. The van der Waals surface area contributed by atoms with Gasteiger partial charge in [-0.2, -0.15) is 0 Å². The Morgan fingerprint density at radius 3 is 2.56 bits per heavy atom. The van der Waals surface area contributed by atoms with Crippen LogP contribution in [0.25, 0.3) is 0 Å². The minimum absolute atomic E-state index is 0.544. The number of hydrogen-bond acceptors (Lipinski definition) is 2. The van der Waals surface area contributed by atoms with E-state index in [1.807, 2.05) is 13.8 Å². The van der Waals surface area contributed by atoms with Crippen LogP contribution in [-0.2, 0) is 0 Å². The maximum Gasteiger partial charge on any atom is 0.135 e. The van der Waals surface area contributed by atoms with Crippen LogP contribution in [0.3, 0.4) is 0 Å². The smallest absolute Gasteiger partial charge is 0.135 e. The van der Waals surface area contributed by atoms with Gasteiger partial charge in [0.05, 0.1) is 0 Å². The first kappa shape index (κ1) is 6.49. The summed E-state index contributed by atoms with van der Waals surface area (Å²) in [6.45, 7) is 3.69. The van der Waals surface area contributed by atoms with Crippen molar-refractivity contribution in [3.05, 3.63) is 22.7 Å². The van der Waals surface area contributed by atoms with Gasteiger partial charge in [-0.25, -0.2) is 9.97 Å². The average molecular weight is 143 g/mol.